The van der Waals surface area contributed by atoms with Gasteiger partial charge in [-0.2, -0.15) is 0 Å². The molecule has 1 aromatic rings. The van der Waals surface area contributed by atoms with E-state index in [4.69, 9.17) is 15.2 Å². The average Bonchev–Trinajstić information content (AvgIpc) is 2.97. The van der Waals surface area contributed by atoms with Crippen LogP contribution in [0.4, 0.5) is 0 Å². The minimum atomic E-state index is 0.144. The Hall–Kier alpha value is -0.460. The van der Waals surface area contributed by atoms with Gasteiger partial charge >= 0.3 is 0 Å². The molecule has 1 aromatic heterocycles. The standard InChI is InChI=1S/C13H22N2O2S/c1-9-4-5-13(18-9)10(6-14)15-7-11(16-2)12(8-15)17-3/h4-5,10-12H,6-8,14H2,1-3H3. The molecule has 2 rings (SSSR count). The molecule has 0 aliphatic carbocycles. The van der Waals surface area contributed by atoms with Crippen LogP contribution in [0.15, 0.2) is 12.1 Å². The number of methoxy groups -OCH3 is 2. The number of ether oxygens (including phenoxy) is 2. The van der Waals surface area contributed by atoms with Gasteiger partial charge in [-0.1, -0.05) is 0 Å². The molecule has 3 atom stereocenters. The molecule has 1 aliphatic heterocycles. The van der Waals surface area contributed by atoms with Crippen molar-refractivity contribution in [3.8, 4) is 0 Å². The molecule has 2 N–H and O–H groups in total. The first-order valence-corrected chi connectivity index (χ1v) is 7.07. The number of hydrogen-bond donors (Lipinski definition) is 1. The molecule has 0 amide bonds. The monoisotopic (exact) mass is 270 g/mol. The van der Waals surface area contributed by atoms with Crippen LogP contribution in [-0.2, 0) is 9.47 Å². The molecule has 0 radical (unpaired) electrons. The molecule has 0 saturated carbocycles. The predicted octanol–water partition coefficient (Wildman–Crippen LogP) is 1.40. The fourth-order valence-electron chi connectivity index (χ4n) is 2.56. The predicted molar refractivity (Wildman–Crippen MR) is 74.0 cm³/mol. The SMILES string of the molecule is COC1CN(C(CN)c2ccc(C)s2)CC1OC. The van der Waals surface area contributed by atoms with Crippen LogP contribution in [0.1, 0.15) is 15.8 Å². The van der Waals surface area contributed by atoms with Gasteiger partial charge in [0.1, 0.15) is 0 Å². The van der Waals surface area contributed by atoms with E-state index in [1.54, 1.807) is 14.2 Å². The smallest absolute Gasteiger partial charge is 0.0972 e. The van der Waals surface area contributed by atoms with E-state index in [0.29, 0.717) is 6.54 Å². The first-order valence-electron chi connectivity index (χ1n) is 6.25. The van der Waals surface area contributed by atoms with Crippen molar-refractivity contribution in [2.75, 3.05) is 33.9 Å². The molecule has 1 saturated heterocycles. The number of nitrogens with zero attached hydrogens (tertiary/aromatic N) is 1. The first kappa shape index (κ1) is 14.0. The molecule has 4 nitrogen and oxygen atoms in total. The van der Waals surface area contributed by atoms with Crippen LogP contribution in [0.5, 0.6) is 0 Å². The molecule has 0 aromatic carbocycles. The molecule has 1 aliphatic rings. The van der Waals surface area contributed by atoms with Crippen molar-refractivity contribution >= 4 is 11.3 Å². The van der Waals surface area contributed by atoms with E-state index in [1.807, 2.05) is 11.3 Å². The minimum absolute atomic E-state index is 0.144. The highest BCUT2D eigenvalue weighted by Gasteiger charge is 2.36. The van der Waals surface area contributed by atoms with Gasteiger partial charge in [-0.25, -0.2) is 0 Å². The molecule has 3 unspecified atom stereocenters. The molecule has 2 heterocycles. The Bertz CT molecular complexity index is 371. The Labute approximate surface area is 113 Å². The van der Waals surface area contributed by atoms with E-state index in [2.05, 4.69) is 24.0 Å². The van der Waals surface area contributed by atoms with Crippen molar-refractivity contribution in [2.45, 2.75) is 25.2 Å². The summed E-state index contributed by atoms with van der Waals surface area (Å²) in [5, 5.41) is 0. The Morgan fingerprint density at radius 3 is 2.33 bits per heavy atom. The lowest BCUT2D eigenvalue weighted by Crippen LogP contribution is -2.32. The van der Waals surface area contributed by atoms with Crippen molar-refractivity contribution in [3.63, 3.8) is 0 Å². The van der Waals surface area contributed by atoms with Crippen LogP contribution < -0.4 is 5.73 Å². The average molecular weight is 270 g/mol. The van der Waals surface area contributed by atoms with Crippen molar-refractivity contribution in [2.24, 2.45) is 5.73 Å². The molecule has 1 fully saturated rings. The molecule has 18 heavy (non-hydrogen) atoms. The van der Waals surface area contributed by atoms with Gasteiger partial charge in [0.15, 0.2) is 0 Å². The maximum Gasteiger partial charge on any atom is 0.0972 e. The van der Waals surface area contributed by atoms with Crippen LogP contribution >= 0.6 is 11.3 Å². The quantitative estimate of drug-likeness (QED) is 0.878. The minimum Gasteiger partial charge on any atom is -0.377 e. The second-order valence-electron chi connectivity index (χ2n) is 4.70. The largest absolute Gasteiger partial charge is 0.377 e. The van der Waals surface area contributed by atoms with Gasteiger partial charge in [-0.05, 0) is 19.1 Å². The normalized spacial score (nSPS) is 26.7. The molecule has 0 bridgehead atoms. The Kier molecular flexibility index (Phi) is 4.75. The van der Waals surface area contributed by atoms with Crippen LogP contribution in [-0.4, -0.2) is 51.0 Å². The van der Waals surface area contributed by atoms with E-state index in [0.717, 1.165) is 13.1 Å². The summed E-state index contributed by atoms with van der Waals surface area (Å²) in [4.78, 5) is 5.03. The number of aryl methyl sites for hydroxylation is 1. The number of nitrogens with two attached hydrogens (primary N) is 1. The van der Waals surface area contributed by atoms with E-state index in [1.165, 1.54) is 9.75 Å². The second kappa shape index (κ2) is 6.12. The van der Waals surface area contributed by atoms with E-state index >= 15 is 0 Å². The van der Waals surface area contributed by atoms with Crippen molar-refractivity contribution in [3.05, 3.63) is 21.9 Å². The summed E-state index contributed by atoms with van der Waals surface area (Å²) in [6.45, 7) is 4.52. The lowest BCUT2D eigenvalue weighted by molar-refractivity contribution is -0.00461. The zero-order valence-electron chi connectivity index (χ0n) is 11.3. The van der Waals surface area contributed by atoms with Crippen LogP contribution in [0.3, 0.4) is 0 Å². The Morgan fingerprint density at radius 2 is 1.94 bits per heavy atom. The lowest BCUT2D eigenvalue weighted by atomic mass is 10.2. The molecule has 0 spiro atoms. The number of rotatable bonds is 5. The van der Waals surface area contributed by atoms with Crippen LogP contribution in [0.25, 0.3) is 0 Å². The Balaban J connectivity index is 2.10. The van der Waals surface area contributed by atoms with Crippen LogP contribution in [0, 0.1) is 6.92 Å². The molecule has 5 heteroatoms. The highest BCUT2D eigenvalue weighted by Crippen LogP contribution is 2.30. The topological polar surface area (TPSA) is 47.7 Å². The van der Waals surface area contributed by atoms with Gasteiger partial charge in [-0.3, -0.25) is 4.90 Å². The fraction of sp³-hybridized carbons (Fsp3) is 0.692. The number of thiophene rings is 1. The first-order chi connectivity index (χ1) is 8.69. The summed E-state index contributed by atoms with van der Waals surface area (Å²) >= 11 is 1.82. The van der Waals surface area contributed by atoms with Crippen LogP contribution in [0.2, 0.25) is 0 Å². The highest BCUT2D eigenvalue weighted by molar-refractivity contribution is 7.12. The van der Waals surface area contributed by atoms with E-state index in [-0.39, 0.29) is 18.2 Å². The highest BCUT2D eigenvalue weighted by atomic mass is 32.1. The molecular weight excluding hydrogens is 248 g/mol. The van der Waals surface area contributed by atoms with Crippen molar-refractivity contribution < 1.29 is 9.47 Å². The lowest BCUT2D eigenvalue weighted by Gasteiger charge is -2.25. The third-order valence-electron chi connectivity index (χ3n) is 3.60. The number of likely N-dealkylation sites (tertiary alicyclic amines) is 1. The fourth-order valence-corrected chi connectivity index (χ4v) is 3.58. The van der Waals surface area contributed by atoms with E-state index < -0.39 is 0 Å². The summed E-state index contributed by atoms with van der Waals surface area (Å²) in [5.41, 5.74) is 5.95. The van der Waals surface area contributed by atoms with Gasteiger partial charge in [-0.15, -0.1) is 11.3 Å². The van der Waals surface area contributed by atoms with Crippen molar-refractivity contribution in [1.82, 2.24) is 4.90 Å². The maximum atomic E-state index is 5.95. The summed E-state index contributed by atoms with van der Waals surface area (Å²) in [5.74, 6) is 0. The van der Waals surface area contributed by atoms with Gasteiger partial charge in [0.05, 0.1) is 18.2 Å². The van der Waals surface area contributed by atoms with Gasteiger partial charge in [0.2, 0.25) is 0 Å². The third-order valence-corrected chi connectivity index (χ3v) is 4.70. The Morgan fingerprint density at radius 1 is 1.33 bits per heavy atom. The summed E-state index contributed by atoms with van der Waals surface area (Å²) in [6.07, 6.45) is 0.287. The van der Waals surface area contributed by atoms with E-state index in [9.17, 15) is 0 Å². The zero-order valence-corrected chi connectivity index (χ0v) is 12.1. The zero-order chi connectivity index (χ0) is 13.1. The molecule has 102 valence electrons. The second-order valence-corrected chi connectivity index (χ2v) is 6.02. The van der Waals surface area contributed by atoms with Gasteiger partial charge in [0, 0.05) is 43.6 Å². The summed E-state index contributed by atoms with van der Waals surface area (Å²) < 4.78 is 11.0. The number of hydrogen-bond acceptors (Lipinski definition) is 5. The summed E-state index contributed by atoms with van der Waals surface area (Å²) in [6, 6.07) is 4.61. The van der Waals surface area contributed by atoms with Gasteiger partial charge in [0.25, 0.3) is 0 Å². The van der Waals surface area contributed by atoms with Gasteiger partial charge < -0.3 is 15.2 Å². The molecular formula is C13H22N2O2S. The summed E-state index contributed by atoms with van der Waals surface area (Å²) in [7, 11) is 3.49. The van der Waals surface area contributed by atoms with Crippen molar-refractivity contribution in [1.29, 1.82) is 0 Å². The third kappa shape index (κ3) is 2.75. The maximum absolute atomic E-state index is 5.95.